The van der Waals surface area contributed by atoms with Gasteiger partial charge in [-0.15, -0.1) is 0 Å². The van der Waals surface area contributed by atoms with Gasteiger partial charge in [0.1, 0.15) is 6.04 Å². The van der Waals surface area contributed by atoms with Gasteiger partial charge in [0.05, 0.1) is 23.0 Å². The van der Waals surface area contributed by atoms with Crippen LogP contribution in [0.3, 0.4) is 0 Å². The van der Waals surface area contributed by atoms with E-state index in [2.05, 4.69) is 15.1 Å². The number of carbonyl (C=O) groups is 1. The number of alkyl halides is 3. The lowest BCUT2D eigenvalue weighted by atomic mass is 10.00. The van der Waals surface area contributed by atoms with E-state index in [0.717, 1.165) is 16.4 Å². The molecule has 0 saturated carbocycles. The van der Waals surface area contributed by atoms with Crippen LogP contribution in [0.1, 0.15) is 36.2 Å². The Morgan fingerprint density at radius 1 is 1.33 bits per heavy atom. The number of nitrogens with zero attached hydrogens (tertiary/aromatic N) is 3. The van der Waals surface area contributed by atoms with Crippen LogP contribution in [0.25, 0.3) is 0 Å². The molecule has 1 amide bonds. The minimum absolute atomic E-state index is 0.0337. The summed E-state index contributed by atoms with van der Waals surface area (Å²) in [7, 11) is -2.83. The number of anilines is 1. The summed E-state index contributed by atoms with van der Waals surface area (Å²) in [6.07, 6.45) is -2.93. The van der Waals surface area contributed by atoms with Gasteiger partial charge in [-0.05, 0) is 32.4 Å². The van der Waals surface area contributed by atoms with Crippen LogP contribution in [-0.4, -0.2) is 41.5 Å². The Labute approximate surface area is 172 Å². The van der Waals surface area contributed by atoms with E-state index in [1.165, 1.54) is 19.2 Å². The molecule has 2 heterocycles. The van der Waals surface area contributed by atoms with Crippen molar-refractivity contribution in [3.05, 3.63) is 47.3 Å². The fraction of sp³-hybridized carbons (Fsp3) is 0.444. The van der Waals surface area contributed by atoms with Crippen molar-refractivity contribution in [2.75, 3.05) is 12.4 Å². The number of para-hydroxylation sites is 1. The van der Waals surface area contributed by atoms with Gasteiger partial charge in [-0.1, -0.05) is 12.1 Å². The Morgan fingerprint density at radius 2 is 2.00 bits per heavy atom. The lowest BCUT2D eigenvalue weighted by Gasteiger charge is -2.36. The first kappa shape index (κ1) is 22.2. The molecular weight excluding hydrogens is 423 g/mol. The van der Waals surface area contributed by atoms with Gasteiger partial charge in [0.15, 0.2) is 0 Å². The molecule has 1 aliphatic rings. The van der Waals surface area contributed by atoms with Crippen molar-refractivity contribution in [3.8, 4) is 0 Å². The number of likely N-dealkylation sites (N-methyl/N-ethyl adjacent to an activating group) is 1. The second kappa shape index (κ2) is 8.00. The van der Waals surface area contributed by atoms with E-state index in [-0.39, 0.29) is 6.42 Å². The van der Waals surface area contributed by atoms with E-state index in [9.17, 15) is 26.4 Å². The quantitative estimate of drug-likeness (QED) is 0.756. The van der Waals surface area contributed by atoms with E-state index < -0.39 is 45.6 Å². The Balaban J connectivity index is 1.90. The summed E-state index contributed by atoms with van der Waals surface area (Å²) in [5.74, 6) is -0.843. The van der Waals surface area contributed by atoms with E-state index >= 15 is 0 Å². The molecule has 0 radical (unpaired) electrons. The second-order valence-corrected chi connectivity index (χ2v) is 8.76. The fourth-order valence-electron chi connectivity index (χ4n) is 3.41. The van der Waals surface area contributed by atoms with Crippen LogP contribution >= 0.6 is 0 Å². The molecule has 1 aliphatic heterocycles. The standard InChI is InChI=1S/C18H22F3N5O3S/c1-4-26-10-12(11(2)23-26)15-9-16(25(3)30(28,29)24-15)17(27)22-14-8-6-5-7-13(14)18(19,20)21/h5-8,10,15-16,24H,4,9H2,1-3H3,(H,22,27)/t15-,16+/m1/s1. The number of benzene rings is 1. The first-order valence-electron chi connectivity index (χ1n) is 9.20. The predicted octanol–water partition coefficient (Wildman–Crippen LogP) is 2.45. The maximum absolute atomic E-state index is 13.2. The van der Waals surface area contributed by atoms with Gasteiger partial charge in [0.25, 0.3) is 10.2 Å². The molecule has 1 aromatic heterocycles. The fourth-order valence-corrected chi connectivity index (χ4v) is 4.67. The van der Waals surface area contributed by atoms with Crippen LogP contribution in [0.15, 0.2) is 30.5 Å². The minimum atomic E-state index is -4.66. The van der Waals surface area contributed by atoms with Gasteiger partial charge in [0.2, 0.25) is 5.91 Å². The number of rotatable bonds is 4. The molecule has 0 spiro atoms. The number of aromatic nitrogens is 2. The molecule has 0 unspecified atom stereocenters. The highest BCUT2D eigenvalue weighted by atomic mass is 32.2. The zero-order valence-electron chi connectivity index (χ0n) is 16.6. The maximum atomic E-state index is 13.2. The van der Waals surface area contributed by atoms with E-state index in [0.29, 0.717) is 17.8 Å². The van der Waals surface area contributed by atoms with Crippen LogP contribution in [0.4, 0.5) is 18.9 Å². The van der Waals surface area contributed by atoms with Gasteiger partial charge >= 0.3 is 6.18 Å². The van der Waals surface area contributed by atoms with E-state index in [4.69, 9.17) is 0 Å². The maximum Gasteiger partial charge on any atom is 0.418 e. The van der Waals surface area contributed by atoms with Crippen LogP contribution in [0.2, 0.25) is 0 Å². The number of nitrogens with one attached hydrogen (secondary N) is 2. The number of carbonyl (C=O) groups excluding carboxylic acids is 1. The van der Waals surface area contributed by atoms with Crippen LogP contribution in [0.5, 0.6) is 0 Å². The van der Waals surface area contributed by atoms with E-state index in [1.807, 2.05) is 6.92 Å². The number of hydrogen-bond donors (Lipinski definition) is 2. The predicted molar refractivity (Wildman–Crippen MR) is 104 cm³/mol. The van der Waals surface area contributed by atoms with Gasteiger partial charge < -0.3 is 5.32 Å². The van der Waals surface area contributed by atoms with Gasteiger partial charge in [0, 0.05) is 25.4 Å². The summed E-state index contributed by atoms with van der Waals surface area (Å²) < 4.78 is 69.8. The molecule has 164 valence electrons. The lowest BCUT2D eigenvalue weighted by molar-refractivity contribution is -0.137. The molecule has 3 rings (SSSR count). The molecule has 30 heavy (non-hydrogen) atoms. The van der Waals surface area contributed by atoms with Crippen LogP contribution in [0, 0.1) is 6.92 Å². The van der Waals surface area contributed by atoms with E-state index in [1.54, 1.807) is 17.8 Å². The Hall–Kier alpha value is -2.44. The number of hydrogen-bond acceptors (Lipinski definition) is 4. The lowest BCUT2D eigenvalue weighted by Crippen LogP contribution is -2.56. The Bertz CT molecular complexity index is 1050. The molecule has 1 saturated heterocycles. The first-order chi connectivity index (χ1) is 13.9. The third kappa shape index (κ3) is 4.35. The van der Waals surface area contributed by atoms with Gasteiger partial charge in [-0.3, -0.25) is 9.48 Å². The normalized spacial score (nSPS) is 22.1. The van der Waals surface area contributed by atoms with Gasteiger partial charge in [-0.2, -0.15) is 35.7 Å². The van der Waals surface area contributed by atoms with Crippen molar-refractivity contribution >= 4 is 21.8 Å². The SMILES string of the molecule is CCn1cc([C@H]2C[C@@H](C(=O)Nc3ccccc3C(F)(F)F)N(C)S(=O)(=O)N2)c(C)n1. The molecule has 0 aliphatic carbocycles. The van der Waals surface area contributed by atoms with Crippen molar-refractivity contribution < 1.29 is 26.4 Å². The molecule has 2 N–H and O–H groups in total. The monoisotopic (exact) mass is 445 g/mol. The zero-order chi connectivity index (χ0) is 22.3. The molecule has 8 nitrogen and oxygen atoms in total. The highest BCUT2D eigenvalue weighted by molar-refractivity contribution is 7.87. The summed E-state index contributed by atoms with van der Waals surface area (Å²) in [6.45, 7) is 4.19. The van der Waals surface area contributed by atoms with Gasteiger partial charge in [-0.25, -0.2) is 0 Å². The molecule has 1 aromatic carbocycles. The Morgan fingerprint density at radius 3 is 2.60 bits per heavy atom. The molecule has 1 fully saturated rings. The summed E-state index contributed by atoms with van der Waals surface area (Å²) in [5, 5.41) is 6.53. The highest BCUT2D eigenvalue weighted by Crippen LogP contribution is 2.35. The average molecular weight is 445 g/mol. The largest absolute Gasteiger partial charge is 0.418 e. The second-order valence-electron chi connectivity index (χ2n) is 7.00. The van der Waals surface area contributed by atoms with Crippen LogP contribution in [-0.2, 0) is 27.7 Å². The Kier molecular flexibility index (Phi) is 5.94. The molecule has 2 atom stereocenters. The van der Waals surface area contributed by atoms with Crippen molar-refractivity contribution in [1.82, 2.24) is 18.8 Å². The topological polar surface area (TPSA) is 96.3 Å². The minimum Gasteiger partial charge on any atom is -0.324 e. The highest BCUT2D eigenvalue weighted by Gasteiger charge is 2.42. The summed E-state index contributed by atoms with van der Waals surface area (Å²) >= 11 is 0. The van der Waals surface area contributed by atoms with Crippen molar-refractivity contribution in [2.24, 2.45) is 0 Å². The zero-order valence-corrected chi connectivity index (χ0v) is 17.4. The summed E-state index contributed by atoms with van der Waals surface area (Å²) in [4.78, 5) is 12.8. The molecular formula is C18H22F3N5O3S. The van der Waals surface area contributed by atoms with Crippen molar-refractivity contribution in [3.63, 3.8) is 0 Å². The number of halogens is 3. The molecule has 2 aromatic rings. The number of amides is 1. The molecule has 0 bridgehead atoms. The summed E-state index contributed by atoms with van der Waals surface area (Å²) in [5.41, 5.74) is -0.210. The van der Waals surface area contributed by atoms with Crippen molar-refractivity contribution in [1.29, 1.82) is 0 Å². The average Bonchev–Trinajstić information content (AvgIpc) is 3.04. The summed E-state index contributed by atoms with van der Waals surface area (Å²) in [6, 6.07) is 2.61. The number of aryl methyl sites for hydroxylation is 2. The third-order valence-electron chi connectivity index (χ3n) is 5.04. The molecule has 12 heteroatoms. The smallest absolute Gasteiger partial charge is 0.324 e. The third-order valence-corrected chi connectivity index (χ3v) is 6.64. The first-order valence-corrected chi connectivity index (χ1v) is 10.6. The van der Waals surface area contributed by atoms with Crippen LogP contribution < -0.4 is 10.0 Å². The van der Waals surface area contributed by atoms with Crippen molar-refractivity contribution in [2.45, 2.75) is 45.1 Å².